The predicted octanol–water partition coefficient (Wildman–Crippen LogP) is 6.28. The maximum Gasteiger partial charge on any atom is 0.242 e. The van der Waals surface area contributed by atoms with Crippen LogP contribution in [0.5, 0.6) is 0 Å². The number of ketones is 1. The summed E-state index contributed by atoms with van der Waals surface area (Å²) >= 11 is 6.30. The Morgan fingerprint density at radius 2 is 1.75 bits per heavy atom. The summed E-state index contributed by atoms with van der Waals surface area (Å²) < 4.78 is 15.9. The van der Waals surface area contributed by atoms with Gasteiger partial charge in [0.2, 0.25) is 11.8 Å². The number of hydrogen-bond donors (Lipinski definition) is 3. The molecule has 0 aromatic heterocycles. The van der Waals surface area contributed by atoms with Crippen LogP contribution in [0.3, 0.4) is 0 Å². The molecule has 0 bridgehead atoms. The van der Waals surface area contributed by atoms with Gasteiger partial charge in [0.05, 0.1) is 11.1 Å². The smallest absolute Gasteiger partial charge is 0.242 e. The standard InChI is InChI=1S/C32H31ClFN3O3/c1-18-9-14-23-25(17-18)36-30(40)32(23)26(22-7-6-8-24(33)27(22)34)28(37-31(32)15-4-3-5-16-31)29(39)35-21-12-10-20(11-13-21)19(2)38/h6-14,17,26,28,37H,3-5,15-16H2,1-2H3,(H,35,39)(H,36,40)/t26-,28+,32+/m0/s1. The van der Waals surface area contributed by atoms with Gasteiger partial charge in [-0.15, -0.1) is 0 Å². The average Bonchev–Trinajstić information content (AvgIpc) is 3.38. The van der Waals surface area contributed by atoms with Crippen LogP contribution in [0.15, 0.2) is 60.7 Å². The van der Waals surface area contributed by atoms with Crippen molar-refractivity contribution in [2.75, 3.05) is 10.6 Å². The van der Waals surface area contributed by atoms with E-state index in [2.05, 4.69) is 16.0 Å². The molecule has 0 unspecified atom stereocenters. The lowest BCUT2D eigenvalue weighted by atomic mass is 9.55. The van der Waals surface area contributed by atoms with Crippen molar-refractivity contribution in [3.05, 3.63) is 93.8 Å². The number of anilines is 2. The Morgan fingerprint density at radius 3 is 2.45 bits per heavy atom. The summed E-state index contributed by atoms with van der Waals surface area (Å²) in [6, 6.07) is 16.4. The third kappa shape index (κ3) is 3.90. The van der Waals surface area contributed by atoms with Crippen LogP contribution in [-0.2, 0) is 15.0 Å². The molecule has 2 spiro atoms. The number of nitrogens with one attached hydrogen (secondary N) is 3. The van der Waals surface area contributed by atoms with Crippen LogP contribution in [0.4, 0.5) is 15.8 Å². The summed E-state index contributed by atoms with van der Waals surface area (Å²) in [5.74, 6) is -2.18. The third-order valence-corrected chi connectivity index (χ3v) is 9.35. The lowest BCUT2D eigenvalue weighted by Crippen LogP contribution is -2.60. The van der Waals surface area contributed by atoms with Crippen molar-refractivity contribution in [3.8, 4) is 0 Å². The summed E-state index contributed by atoms with van der Waals surface area (Å²) in [5.41, 5.74) is 1.75. The van der Waals surface area contributed by atoms with Crippen molar-refractivity contribution >= 4 is 40.6 Å². The van der Waals surface area contributed by atoms with Crippen LogP contribution in [0.1, 0.15) is 72.0 Å². The lowest BCUT2D eigenvalue weighted by molar-refractivity contribution is -0.124. The molecule has 3 aromatic carbocycles. The normalized spacial score (nSPS) is 24.6. The van der Waals surface area contributed by atoms with Gasteiger partial charge in [0.1, 0.15) is 11.2 Å². The van der Waals surface area contributed by atoms with Crippen LogP contribution in [0, 0.1) is 12.7 Å². The van der Waals surface area contributed by atoms with Gasteiger partial charge in [-0.25, -0.2) is 4.39 Å². The molecular formula is C32H31ClFN3O3. The number of rotatable bonds is 4. The molecule has 2 amide bonds. The first-order valence-corrected chi connectivity index (χ1v) is 14.1. The van der Waals surface area contributed by atoms with Crippen molar-refractivity contribution in [2.24, 2.45) is 0 Å². The summed E-state index contributed by atoms with van der Waals surface area (Å²) in [6.07, 6.45) is 4.13. The monoisotopic (exact) mass is 559 g/mol. The van der Waals surface area contributed by atoms with Crippen molar-refractivity contribution in [1.82, 2.24) is 5.32 Å². The number of amides is 2. The highest BCUT2D eigenvalue weighted by Crippen LogP contribution is 2.62. The van der Waals surface area contributed by atoms with Gasteiger partial charge in [0.15, 0.2) is 5.78 Å². The largest absolute Gasteiger partial charge is 0.325 e. The maximum atomic E-state index is 15.9. The highest BCUT2D eigenvalue weighted by Gasteiger charge is 2.72. The van der Waals surface area contributed by atoms with Gasteiger partial charge in [-0.1, -0.05) is 55.1 Å². The molecular weight excluding hydrogens is 529 g/mol. The summed E-state index contributed by atoms with van der Waals surface area (Å²) in [7, 11) is 0. The number of Topliss-reactive ketones (excluding diaryl/α,β-unsaturated/α-hetero) is 1. The summed E-state index contributed by atoms with van der Waals surface area (Å²) in [5, 5.41) is 9.64. The van der Waals surface area contributed by atoms with Crippen molar-refractivity contribution < 1.29 is 18.8 Å². The molecule has 6 nitrogen and oxygen atoms in total. The number of hydrogen-bond acceptors (Lipinski definition) is 4. The van der Waals surface area contributed by atoms with Gasteiger partial charge >= 0.3 is 0 Å². The molecule has 6 rings (SSSR count). The lowest BCUT2D eigenvalue weighted by Gasteiger charge is -2.47. The highest BCUT2D eigenvalue weighted by molar-refractivity contribution is 6.30. The Bertz CT molecular complexity index is 1530. The Kier molecular flexibility index (Phi) is 6.55. The fraction of sp³-hybridized carbons (Fsp3) is 0.344. The van der Waals surface area contributed by atoms with Gasteiger partial charge in [-0.2, -0.15) is 0 Å². The zero-order chi connectivity index (χ0) is 28.2. The van der Waals surface area contributed by atoms with E-state index in [0.29, 0.717) is 29.8 Å². The molecule has 1 saturated carbocycles. The molecule has 3 aromatic rings. The molecule has 2 aliphatic heterocycles. The van der Waals surface area contributed by atoms with Crippen LogP contribution in [0.2, 0.25) is 5.02 Å². The second-order valence-electron chi connectivity index (χ2n) is 11.3. The highest BCUT2D eigenvalue weighted by atomic mass is 35.5. The number of fused-ring (bicyclic) bond motifs is 3. The Balaban J connectivity index is 1.54. The molecule has 1 saturated heterocycles. The van der Waals surface area contributed by atoms with Crippen LogP contribution >= 0.6 is 11.6 Å². The zero-order valence-electron chi connectivity index (χ0n) is 22.4. The van der Waals surface area contributed by atoms with E-state index >= 15 is 4.39 Å². The zero-order valence-corrected chi connectivity index (χ0v) is 23.2. The molecule has 1 aliphatic carbocycles. The Labute approximate surface area is 237 Å². The van der Waals surface area contributed by atoms with Gasteiger partial charge in [0.25, 0.3) is 0 Å². The quantitative estimate of drug-likeness (QED) is 0.328. The van der Waals surface area contributed by atoms with Crippen molar-refractivity contribution in [1.29, 1.82) is 0 Å². The predicted molar refractivity (Wildman–Crippen MR) is 153 cm³/mol. The molecule has 40 heavy (non-hydrogen) atoms. The van der Waals surface area contributed by atoms with Gasteiger partial charge in [-0.05, 0) is 79.8 Å². The van der Waals surface area contributed by atoms with Crippen molar-refractivity contribution in [2.45, 2.75) is 68.9 Å². The first-order chi connectivity index (χ1) is 19.2. The fourth-order valence-electron chi connectivity index (χ4n) is 7.37. The van der Waals surface area contributed by atoms with E-state index in [1.807, 2.05) is 25.1 Å². The second kappa shape index (κ2) is 9.82. The summed E-state index contributed by atoms with van der Waals surface area (Å²) in [6.45, 7) is 3.44. The number of carbonyl (C=O) groups excluding carboxylic acids is 3. The first-order valence-electron chi connectivity index (χ1n) is 13.7. The first kappa shape index (κ1) is 26.7. The van der Waals surface area contributed by atoms with E-state index in [0.717, 1.165) is 30.4 Å². The van der Waals surface area contributed by atoms with Crippen LogP contribution in [0.25, 0.3) is 0 Å². The van der Waals surface area contributed by atoms with Gasteiger partial charge in [-0.3, -0.25) is 19.7 Å². The Morgan fingerprint density at radius 1 is 1.02 bits per heavy atom. The van der Waals surface area contributed by atoms with Gasteiger partial charge < -0.3 is 10.6 Å². The number of carbonyl (C=O) groups is 3. The second-order valence-corrected chi connectivity index (χ2v) is 11.7. The molecule has 2 heterocycles. The molecule has 0 radical (unpaired) electrons. The van der Waals surface area contributed by atoms with E-state index in [9.17, 15) is 14.4 Å². The minimum absolute atomic E-state index is 0.0567. The van der Waals surface area contributed by atoms with Crippen molar-refractivity contribution in [3.63, 3.8) is 0 Å². The number of aryl methyl sites for hydroxylation is 1. The maximum absolute atomic E-state index is 15.9. The molecule has 3 aliphatic rings. The molecule has 206 valence electrons. The fourth-order valence-corrected chi connectivity index (χ4v) is 7.55. The minimum Gasteiger partial charge on any atom is -0.325 e. The third-order valence-electron chi connectivity index (χ3n) is 9.06. The van der Waals surface area contributed by atoms with E-state index in [1.165, 1.54) is 13.0 Å². The van der Waals surface area contributed by atoms with Gasteiger partial charge in [0, 0.05) is 28.4 Å². The van der Waals surface area contributed by atoms with E-state index in [1.54, 1.807) is 36.4 Å². The Hall–Kier alpha value is -3.55. The average molecular weight is 560 g/mol. The minimum atomic E-state index is -1.23. The number of halogens is 2. The molecule has 3 atom stereocenters. The van der Waals surface area contributed by atoms with E-state index in [-0.39, 0.29) is 28.2 Å². The van der Waals surface area contributed by atoms with E-state index < -0.39 is 28.7 Å². The van der Waals surface area contributed by atoms with Crippen LogP contribution < -0.4 is 16.0 Å². The van der Waals surface area contributed by atoms with E-state index in [4.69, 9.17) is 11.6 Å². The SMILES string of the molecule is CC(=O)c1ccc(NC(=O)[C@@H]2NC3(CCCCC3)[C@@]3(C(=O)Nc4cc(C)ccc43)[C@H]2c2cccc(Cl)c2F)cc1. The molecule has 3 N–H and O–H groups in total. The van der Waals surface area contributed by atoms with Crippen LogP contribution in [-0.4, -0.2) is 29.2 Å². The molecule has 8 heteroatoms. The molecule has 2 fully saturated rings. The topological polar surface area (TPSA) is 87.3 Å². The number of benzene rings is 3. The summed E-state index contributed by atoms with van der Waals surface area (Å²) in [4.78, 5) is 40.2.